The Morgan fingerprint density at radius 2 is 1.82 bits per heavy atom. The van der Waals surface area contributed by atoms with Crippen LogP contribution in [-0.2, 0) is 4.74 Å². The molecule has 0 fully saturated rings. The van der Waals surface area contributed by atoms with E-state index in [2.05, 4.69) is 48.1 Å². The molecule has 0 aliphatic heterocycles. The predicted molar refractivity (Wildman–Crippen MR) is 106 cm³/mol. The Labute approximate surface area is 164 Å². The van der Waals surface area contributed by atoms with Crippen molar-refractivity contribution < 1.29 is 14.3 Å². The first-order chi connectivity index (χ1) is 13.4. The number of ketones is 1. The number of ether oxygens (including phenoxy) is 1. The predicted octanol–water partition coefficient (Wildman–Crippen LogP) is 4.05. The number of hydrogen-bond acceptors (Lipinski definition) is 5. The summed E-state index contributed by atoms with van der Waals surface area (Å²) in [4.78, 5) is 32.3. The summed E-state index contributed by atoms with van der Waals surface area (Å²) in [5, 5.41) is 0. The van der Waals surface area contributed by atoms with Crippen molar-refractivity contribution in [3.8, 4) is 5.69 Å². The minimum Gasteiger partial charge on any atom is -0.453 e. The first-order valence-corrected chi connectivity index (χ1v) is 9.14. The fourth-order valence-electron chi connectivity index (χ4n) is 3.14. The fourth-order valence-corrected chi connectivity index (χ4v) is 3.14. The average Bonchev–Trinajstić information content (AvgIpc) is 3.00. The zero-order valence-corrected chi connectivity index (χ0v) is 16.5. The van der Waals surface area contributed by atoms with Crippen LogP contribution in [0.25, 0.3) is 5.69 Å². The largest absolute Gasteiger partial charge is 0.453 e. The molecule has 2 heterocycles. The zero-order valence-electron chi connectivity index (χ0n) is 16.5. The van der Waals surface area contributed by atoms with Crippen molar-refractivity contribution in [3.63, 3.8) is 0 Å². The maximum Gasteiger partial charge on any atom is 0.358 e. The third kappa shape index (κ3) is 4.01. The quantitative estimate of drug-likeness (QED) is 0.479. The molecule has 0 atom stereocenters. The third-order valence-electron chi connectivity index (χ3n) is 4.66. The van der Waals surface area contributed by atoms with Crippen molar-refractivity contribution in [1.82, 2.24) is 14.5 Å². The second-order valence-electron chi connectivity index (χ2n) is 6.96. The highest BCUT2D eigenvalue weighted by molar-refractivity contribution is 6.00. The van der Waals surface area contributed by atoms with Gasteiger partial charge < -0.3 is 9.30 Å². The van der Waals surface area contributed by atoms with Crippen molar-refractivity contribution in [2.24, 2.45) is 0 Å². The second-order valence-corrected chi connectivity index (χ2v) is 6.96. The number of hydrogen-bond donors (Lipinski definition) is 0. The van der Waals surface area contributed by atoms with E-state index in [-0.39, 0.29) is 18.1 Å². The molecule has 0 bridgehead atoms. The van der Waals surface area contributed by atoms with Crippen LogP contribution in [0.1, 0.15) is 57.6 Å². The Kier molecular flexibility index (Phi) is 5.68. The summed E-state index contributed by atoms with van der Waals surface area (Å²) >= 11 is 0. The number of aryl methyl sites for hydroxylation is 1. The molecule has 28 heavy (non-hydrogen) atoms. The lowest BCUT2D eigenvalue weighted by Gasteiger charge is -2.12. The molecule has 0 saturated carbocycles. The van der Waals surface area contributed by atoms with Crippen molar-refractivity contribution in [2.45, 2.75) is 33.6 Å². The van der Waals surface area contributed by atoms with Crippen LogP contribution in [0.5, 0.6) is 0 Å². The molecule has 0 radical (unpaired) electrons. The highest BCUT2D eigenvalue weighted by Crippen LogP contribution is 2.23. The summed E-state index contributed by atoms with van der Waals surface area (Å²) in [6.07, 6.45) is 4.17. The van der Waals surface area contributed by atoms with Crippen molar-refractivity contribution in [3.05, 3.63) is 77.1 Å². The molecule has 2 aromatic heterocycles. The summed E-state index contributed by atoms with van der Waals surface area (Å²) in [6.45, 7) is 7.80. The molecule has 0 unspecified atom stereocenters. The van der Waals surface area contributed by atoms with Crippen LogP contribution in [0.2, 0.25) is 0 Å². The molecule has 0 aliphatic carbocycles. The first-order valence-electron chi connectivity index (χ1n) is 9.14. The van der Waals surface area contributed by atoms with E-state index in [4.69, 9.17) is 4.74 Å². The topological polar surface area (TPSA) is 74.1 Å². The minimum atomic E-state index is -0.667. The van der Waals surface area contributed by atoms with E-state index in [1.165, 1.54) is 24.2 Å². The molecule has 0 aliphatic rings. The molecule has 3 aromatic rings. The molecule has 0 spiro atoms. The van der Waals surface area contributed by atoms with Gasteiger partial charge >= 0.3 is 5.97 Å². The average molecular weight is 377 g/mol. The van der Waals surface area contributed by atoms with Crippen LogP contribution in [0.15, 0.2) is 48.9 Å². The lowest BCUT2D eigenvalue weighted by atomic mass is 10.0. The van der Waals surface area contributed by atoms with Crippen molar-refractivity contribution in [1.29, 1.82) is 0 Å². The van der Waals surface area contributed by atoms with Gasteiger partial charge in [0.1, 0.15) is 0 Å². The van der Waals surface area contributed by atoms with Crippen molar-refractivity contribution in [2.75, 3.05) is 6.61 Å². The SMILES string of the molecule is Cc1cc(C(=O)COC(=O)c2cnccn2)c(C)n1-c1ccc(C(C)C)cc1. The molecule has 6 heteroatoms. The Balaban J connectivity index is 1.77. The summed E-state index contributed by atoms with van der Waals surface area (Å²) in [5.74, 6) is -0.461. The van der Waals surface area contributed by atoms with Gasteiger partial charge in [0.15, 0.2) is 12.3 Å². The van der Waals surface area contributed by atoms with Gasteiger partial charge in [0.25, 0.3) is 0 Å². The molecule has 0 amide bonds. The smallest absolute Gasteiger partial charge is 0.358 e. The fraction of sp³-hybridized carbons (Fsp3) is 0.273. The molecular formula is C22H23N3O3. The molecule has 6 nitrogen and oxygen atoms in total. The standard InChI is InChI=1S/C22H23N3O3/c1-14(2)17-5-7-18(8-6-17)25-15(3)11-19(16(25)4)21(26)13-28-22(27)20-12-23-9-10-24-20/h5-12,14H,13H2,1-4H3. The van der Waals surface area contributed by atoms with Gasteiger partial charge in [-0.25, -0.2) is 9.78 Å². The van der Waals surface area contributed by atoms with Gasteiger partial charge in [-0.2, -0.15) is 0 Å². The molecule has 0 N–H and O–H groups in total. The number of esters is 1. The number of carbonyl (C=O) groups excluding carboxylic acids is 2. The normalized spacial score (nSPS) is 10.9. The lowest BCUT2D eigenvalue weighted by molar-refractivity contribution is 0.0468. The number of rotatable bonds is 6. The molecule has 1 aromatic carbocycles. The lowest BCUT2D eigenvalue weighted by Crippen LogP contribution is -2.16. The highest BCUT2D eigenvalue weighted by atomic mass is 16.5. The summed E-state index contributed by atoms with van der Waals surface area (Å²) in [6, 6.07) is 10.1. The van der Waals surface area contributed by atoms with Gasteiger partial charge in [-0.3, -0.25) is 9.78 Å². The van der Waals surface area contributed by atoms with Crippen LogP contribution < -0.4 is 0 Å². The van der Waals surface area contributed by atoms with Crippen LogP contribution in [0.3, 0.4) is 0 Å². The minimum absolute atomic E-state index is 0.0750. The van der Waals surface area contributed by atoms with Gasteiger partial charge in [-0.1, -0.05) is 26.0 Å². The van der Waals surface area contributed by atoms with Crippen molar-refractivity contribution >= 4 is 11.8 Å². The van der Waals surface area contributed by atoms with E-state index in [0.717, 1.165) is 17.1 Å². The summed E-state index contributed by atoms with van der Waals surface area (Å²) < 4.78 is 7.13. The molecule has 0 saturated heterocycles. The molecular weight excluding hydrogens is 354 g/mol. The van der Waals surface area contributed by atoms with Crippen LogP contribution in [0, 0.1) is 13.8 Å². The first kappa shape index (κ1) is 19.5. The Morgan fingerprint density at radius 1 is 1.11 bits per heavy atom. The van der Waals surface area contributed by atoms with Crippen LogP contribution >= 0.6 is 0 Å². The van der Waals surface area contributed by atoms with Gasteiger partial charge in [-0.15, -0.1) is 0 Å². The van der Waals surface area contributed by atoms with E-state index in [1.54, 1.807) is 0 Å². The van der Waals surface area contributed by atoms with Crippen LogP contribution in [0.4, 0.5) is 0 Å². The van der Waals surface area contributed by atoms with Gasteiger partial charge in [-0.05, 0) is 43.5 Å². The van der Waals surface area contributed by atoms with E-state index < -0.39 is 5.97 Å². The van der Waals surface area contributed by atoms with E-state index in [0.29, 0.717) is 11.5 Å². The Bertz CT molecular complexity index is 990. The van der Waals surface area contributed by atoms with Gasteiger partial charge in [0.05, 0.1) is 6.20 Å². The monoisotopic (exact) mass is 377 g/mol. The summed E-state index contributed by atoms with van der Waals surface area (Å²) in [5.41, 5.74) is 4.63. The van der Waals surface area contributed by atoms with E-state index >= 15 is 0 Å². The zero-order chi connectivity index (χ0) is 20.3. The number of benzene rings is 1. The molecule has 3 rings (SSSR count). The number of Topliss-reactive ketones (excluding diaryl/α,β-unsaturated/α-hetero) is 1. The Morgan fingerprint density at radius 3 is 2.43 bits per heavy atom. The maximum atomic E-state index is 12.6. The molecule has 144 valence electrons. The highest BCUT2D eigenvalue weighted by Gasteiger charge is 2.19. The third-order valence-corrected chi connectivity index (χ3v) is 4.66. The summed E-state index contributed by atoms with van der Waals surface area (Å²) in [7, 11) is 0. The van der Waals surface area contributed by atoms with E-state index in [1.807, 2.05) is 24.5 Å². The second kappa shape index (κ2) is 8.17. The van der Waals surface area contributed by atoms with Gasteiger partial charge in [0, 0.05) is 35.0 Å². The van der Waals surface area contributed by atoms with E-state index in [9.17, 15) is 9.59 Å². The maximum absolute atomic E-state index is 12.6. The number of carbonyl (C=O) groups is 2. The number of nitrogens with zero attached hydrogens (tertiary/aromatic N) is 3. The Hall–Kier alpha value is -3.28. The van der Waals surface area contributed by atoms with Gasteiger partial charge in [0.2, 0.25) is 5.78 Å². The number of aromatic nitrogens is 3. The van der Waals surface area contributed by atoms with Crippen LogP contribution in [-0.4, -0.2) is 32.9 Å².